The number of imide groups is 1. The predicted octanol–water partition coefficient (Wildman–Crippen LogP) is 3.36. The maximum atomic E-state index is 12.4. The molecule has 6 heteroatoms. The third-order valence-electron chi connectivity index (χ3n) is 5.94. The molecule has 152 valence electrons. The quantitative estimate of drug-likeness (QED) is 0.561. The van der Waals surface area contributed by atoms with Gasteiger partial charge >= 0.3 is 0 Å². The molecular formula is C23H26N2O3S. The smallest absolute Gasteiger partial charge is 0.240 e. The molecule has 3 amide bonds. The Morgan fingerprint density at radius 2 is 1.69 bits per heavy atom. The SMILES string of the molecule is O=C(CN1C(=O)C2CCCCC2C1=O)NCCSCc1cccc2ccccc12. The van der Waals surface area contributed by atoms with Crippen molar-refractivity contribution >= 4 is 40.3 Å². The van der Waals surface area contributed by atoms with Crippen molar-refractivity contribution in [3.63, 3.8) is 0 Å². The highest BCUT2D eigenvalue weighted by molar-refractivity contribution is 7.98. The van der Waals surface area contributed by atoms with Gasteiger partial charge < -0.3 is 5.32 Å². The van der Waals surface area contributed by atoms with Crippen LogP contribution in [0.3, 0.4) is 0 Å². The van der Waals surface area contributed by atoms with Crippen molar-refractivity contribution in [3.8, 4) is 0 Å². The first-order valence-corrected chi connectivity index (χ1v) is 11.5. The third kappa shape index (κ3) is 4.32. The highest BCUT2D eigenvalue weighted by atomic mass is 32.2. The lowest BCUT2D eigenvalue weighted by Crippen LogP contribution is -2.41. The number of likely N-dealkylation sites (tertiary alicyclic amines) is 1. The maximum absolute atomic E-state index is 12.4. The van der Waals surface area contributed by atoms with Crippen LogP contribution < -0.4 is 5.32 Å². The normalized spacial score (nSPS) is 21.4. The van der Waals surface area contributed by atoms with Crippen LogP contribution in [0.2, 0.25) is 0 Å². The summed E-state index contributed by atoms with van der Waals surface area (Å²) in [4.78, 5) is 38.3. The van der Waals surface area contributed by atoms with Crippen molar-refractivity contribution in [3.05, 3.63) is 48.0 Å². The molecule has 1 heterocycles. The van der Waals surface area contributed by atoms with Gasteiger partial charge in [-0.25, -0.2) is 0 Å². The number of hydrogen-bond donors (Lipinski definition) is 1. The van der Waals surface area contributed by atoms with E-state index < -0.39 is 0 Å². The molecule has 5 nitrogen and oxygen atoms in total. The number of amides is 3. The largest absolute Gasteiger partial charge is 0.354 e. The summed E-state index contributed by atoms with van der Waals surface area (Å²) in [5.74, 6) is 0.711. The molecule has 29 heavy (non-hydrogen) atoms. The van der Waals surface area contributed by atoms with Crippen LogP contribution >= 0.6 is 11.8 Å². The van der Waals surface area contributed by atoms with E-state index in [9.17, 15) is 14.4 Å². The minimum absolute atomic E-state index is 0.140. The zero-order valence-electron chi connectivity index (χ0n) is 16.4. The Balaban J connectivity index is 1.21. The lowest BCUT2D eigenvalue weighted by Gasteiger charge is -2.19. The first kappa shape index (κ1) is 20.0. The van der Waals surface area contributed by atoms with Gasteiger partial charge in [0.1, 0.15) is 6.54 Å². The average molecular weight is 411 g/mol. The second kappa shape index (κ2) is 8.99. The van der Waals surface area contributed by atoms with Crippen LogP contribution in [0.4, 0.5) is 0 Å². The summed E-state index contributed by atoms with van der Waals surface area (Å²) in [6, 6.07) is 14.7. The van der Waals surface area contributed by atoms with Crippen molar-refractivity contribution in [2.24, 2.45) is 11.8 Å². The topological polar surface area (TPSA) is 66.5 Å². The number of carbonyl (C=O) groups excluding carboxylic acids is 3. The van der Waals surface area contributed by atoms with Crippen molar-refractivity contribution in [2.75, 3.05) is 18.8 Å². The Labute approximate surface area is 175 Å². The van der Waals surface area contributed by atoms with Crippen molar-refractivity contribution < 1.29 is 14.4 Å². The molecule has 1 saturated heterocycles. The summed E-state index contributed by atoms with van der Waals surface area (Å²) in [5, 5.41) is 5.35. The number of nitrogens with one attached hydrogen (secondary N) is 1. The number of thioether (sulfide) groups is 1. The van der Waals surface area contributed by atoms with Crippen LogP contribution in [-0.2, 0) is 20.1 Å². The van der Waals surface area contributed by atoms with E-state index in [1.54, 1.807) is 11.8 Å². The molecule has 0 bridgehead atoms. The van der Waals surface area contributed by atoms with Gasteiger partial charge in [0.05, 0.1) is 11.8 Å². The number of benzene rings is 2. The number of hydrogen-bond acceptors (Lipinski definition) is 4. The third-order valence-corrected chi connectivity index (χ3v) is 6.95. The number of nitrogens with zero attached hydrogens (tertiary/aromatic N) is 1. The summed E-state index contributed by atoms with van der Waals surface area (Å²) in [7, 11) is 0. The minimum atomic E-state index is -0.254. The van der Waals surface area contributed by atoms with Gasteiger partial charge in [-0.3, -0.25) is 19.3 Å². The second-order valence-corrected chi connectivity index (χ2v) is 8.91. The molecule has 2 aliphatic rings. The Morgan fingerprint density at radius 3 is 2.45 bits per heavy atom. The molecule has 2 unspecified atom stereocenters. The van der Waals surface area contributed by atoms with Gasteiger partial charge in [-0.2, -0.15) is 11.8 Å². The van der Waals surface area contributed by atoms with E-state index in [-0.39, 0.29) is 36.1 Å². The Hall–Kier alpha value is -2.34. The van der Waals surface area contributed by atoms with E-state index in [0.717, 1.165) is 37.2 Å². The second-order valence-electron chi connectivity index (χ2n) is 7.80. The molecule has 2 fully saturated rings. The number of rotatable bonds is 7. The first-order chi connectivity index (χ1) is 14.1. The summed E-state index contributed by atoms with van der Waals surface area (Å²) in [5.41, 5.74) is 1.29. The van der Waals surface area contributed by atoms with Gasteiger partial charge in [-0.15, -0.1) is 0 Å². The van der Waals surface area contributed by atoms with E-state index in [1.165, 1.54) is 21.2 Å². The van der Waals surface area contributed by atoms with Gasteiger partial charge in [0.2, 0.25) is 17.7 Å². The van der Waals surface area contributed by atoms with E-state index in [2.05, 4.69) is 35.6 Å². The zero-order valence-corrected chi connectivity index (χ0v) is 17.2. The fraction of sp³-hybridized carbons (Fsp3) is 0.435. The van der Waals surface area contributed by atoms with Crippen molar-refractivity contribution in [1.29, 1.82) is 0 Å². The van der Waals surface area contributed by atoms with E-state index in [4.69, 9.17) is 0 Å². The molecule has 0 spiro atoms. The molecule has 0 radical (unpaired) electrons. The molecule has 0 aromatic heterocycles. The van der Waals surface area contributed by atoms with Crippen molar-refractivity contribution in [1.82, 2.24) is 10.2 Å². The van der Waals surface area contributed by atoms with Crippen LogP contribution in [0.15, 0.2) is 42.5 Å². The summed E-state index contributed by atoms with van der Waals surface area (Å²) in [6.45, 7) is 0.385. The molecule has 1 N–H and O–H groups in total. The standard InChI is InChI=1S/C23H26N2O3S/c26-21(14-25-22(27)19-10-3-4-11-20(19)23(25)28)24-12-13-29-15-17-8-5-7-16-6-1-2-9-18(16)17/h1-2,5-9,19-20H,3-4,10-15H2,(H,24,26). The average Bonchev–Trinajstić information content (AvgIpc) is 2.99. The van der Waals surface area contributed by atoms with Crippen LogP contribution in [0, 0.1) is 11.8 Å². The highest BCUT2D eigenvalue weighted by Gasteiger charge is 2.48. The number of carbonyl (C=O) groups is 3. The maximum Gasteiger partial charge on any atom is 0.240 e. The fourth-order valence-electron chi connectivity index (χ4n) is 4.45. The van der Waals surface area contributed by atoms with Gasteiger partial charge in [0.15, 0.2) is 0 Å². The lowest BCUT2D eigenvalue weighted by atomic mass is 9.81. The molecule has 1 aliphatic heterocycles. The molecule has 2 aromatic carbocycles. The fourth-order valence-corrected chi connectivity index (χ4v) is 5.31. The summed E-state index contributed by atoms with van der Waals surface area (Å²) >= 11 is 1.76. The van der Waals surface area contributed by atoms with Gasteiger partial charge in [0.25, 0.3) is 0 Å². The van der Waals surface area contributed by atoms with Crippen LogP contribution in [0.1, 0.15) is 31.2 Å². The zero-order chi connectivity index (χ0) is 20.2. The molecular weight excluding hydrogens is 384 g/mol. The monoisotopic (exact) mass is 410 g/mol. The minimum Gasteiger partial charge on any atom is -0.354 e. The molecule has 2 atom stereocenters. The predicted molar refractivity (Wildman–Crippen MR) is 115 cm³/mol. The summed E-state index contributed by atoms with van der Waals surface area (Å²) in [6.07, 6.45) is 3.54. The van der Waals surface area contributed by atoms with E-state index in [0.29, 0.717) is 6.54 Å². The van der Waals surface area contributed by atoms with Gasteiger partial charge in [-0.05, 0) is 29.2 Å². The molecule has 1 aliphatic carbocycles. The Bertz CT molecular complexity index is 900. The number of fused-ring (bicyclic) bond motifs is 2. The molecule has 1 saturated carbocycles. The van der Waals surface area contributed by atoms with Gasteiger partial charge in [-0.1, -0.05) is 55.3 Å². The Morgan fingerprint density at radius 1 is 1.00 bits per heavy atom. The Kier molecular flexibility index (Phi) is 6.19. The van der Waals surface area contributed by atoms with E-state index in [1.807, 2.05) is 12.1 Å². The molecule has 2 aromatic rings. The highest BCUT2D eigenvalue weighted by Crippen LogP contribution is 2.37. The van der Waals surface area contributed by atoms with Crippen LogP contribution in [0.5, 0.6) is 0 Å². The lowest BCUT2D eigenvalue weighted by molar-refractivity contribution is -0.143. The van der Waals surface area contributed by atoms with Crippen LogP contribution in [-0.4, -0.2) is 41.5 Å². The van der Waals surface area contributed by atoms with Crippen LogP contribution in [0.25, 0.3) is 10.8 Å². The molecule has 4 rings (SSSR count). The van der Waals surface area contributed by atoms with E-state index >= 15 is 0 Å². The van der Waals surface area contributed by atoms with Crippen molar-refractivity contribution in [2.45, 2.75) is 31.4 Å². The summed E-state index contributed by atoms with van der Waals surface area (Å²) < 4.78 is 0. The van der Waals surface area contributed by atoms with Gasteiger partial charge in [0, 0.05) is 18.1 Å². The first-order valence-electron chi connectivity index (χ1n) is 10.3.